The second-order valence-corrected chi connectivity index (χ2v) is 12.3. The first-order valence-electron chi connectivity index (χ1n) is 15.4. The average molecular weight is 599 g/mol. The van der Waals surface area contributed by atoms with Crippen LogP contribution in [0.15, 0.2) is 53.9 Å². The highest BCUT2D eigenvalue weighted by Gasteiger charge is 2.30. The Balaban J connectivity index is 1.73. The molecule has 3 rings (SSSR count). The van der Waals surface area contributed by atoms with Crippen LogP contribution in [-0.4, -0.2) is 65.0 Å². The topological polar surface area (TPSA) is 104 Å². The third-order valence-electron chi connectivity index (χ3n) is 7.29. The quantitative estimate of drug-likeness (QED) is 0.281. The van der Waals surface area contributed by atoms with Gasteiger partial charge in [0.25, 0.3) is 0 Å². The van der Waals surface area contributed by atoms with Crippen molar-refractivity contribution < 1.29 is 14.3 Å². The van der Waals surface area contributed by atoms with Crippen LogP contribution in [0.2, 0.25) is 0 Å². The van der Waals surface area contributed by atoms with Crippen LogP contribution in [0.1, 0.15) is 69.7 Å². The summed E-state index contributed by atoms with van der Waals surface area (Å²) < 4.78 is 5.61. The van der Waals surface area contributed by atoms with Gasteiger partial charge in [-0.1, -0.05) is 48.4 Å². The third kappa shape index (κ3) is 9.25. The van der Waals surface area contributed by atoms with Crippen molar-refractivity contribution in [1.82, 2.24) is 14.7 Å². The number of nitrogens with zero attached hydrogens (tertiary/aromatic N) is 6. The van der Waals surface area contributed by atoms with E-state index in [0.717, 1.165) is 23.2 Å². The van der Waals surface area contributed by atoms with Gasteiger partial charge in [-0.25, -0.2) is 4.79 Å². The number of ether oxygens (including phenoxy) is 1. The first kappa shape index (κ1) is 34.0. The number of anilines is 1. The van der Waals surface area contributed by atoms with Crippen molar-refractivity contribution in [3.63, 3.8) is 0 Å². The lowest BCUT2D eigenvalue weighted by Crippen LogP contribution is -2.37. The van der Waals surface area contributed by atoms with Gasteiger partial charge in [-0.05, 0) is 71.2 Å². The van der Waals surface area contributed by atoms with Crippen molar-refractivity contribution in [1.29, 1.82) is 10.5 Å². The molecule has 44 heavy (non-hydrogen) atoms. The molecule has 9 heteroatoms. The third-order valence-corrected chi connectivity index (χ3v) is 7.29. The van der Waals surface area contributed by atoms with E-state index < -0.39 is 5.60 Å². The number of rotatable bonds is 11. The standard InChI is InChI=1S/C35H46N6O3/c1-8-14-40(34(43)44-35(5,6)7)24-28-11-10-12-31(21-28)41(9-2)32(42)13-15-38-16-17-39(33(38)30(22-36)23-37)25-29-19-26(3)18-27(4)20-29/h10-12,18-21H,8-9,13-17,24-25H2,1-7H3. The van der Waals surface area contributed by atoms with Gasteiger partial charge in [-0.15, -0.1) is 0 Å². The maximum absolute atomic E-state index is 13.6. The fraction of sp³-hybridized carbons (Fsp3) is 0.486. The summed E-state index contributed by atoms with van der Waals surface area (Å²) >= 11 is 0. The molecule has 0 aliphatic carbocycles. The summed E-state index contributed by atoms with van der Waals surface area (Å²) in [4.78, 5) is 33.8. The number of benzene rings is 2. The van der Waals surface area contributed by atoms with Crippen LogP contribution in [0, 0.1) is 36.5 Å². The number of hydrogen-bond donors (Lipinski definition) is 0. The van der Waals surface area contributed by atoms with Gasteiger partial charge < -0.3 is 24.3 Å². The van der Waals surface area contributed by atoms with Crippen LogP contribution in [0.3, 0.4) is 0 Å². The summed E-state index contributed by atoms with van der Waals surface area (Å²) in [5, 5.41) is 19.5. The van der Waals surface area contributed by atoms with Crippen LogP contribution >= 0.6 is 0 Å². The second-order valence-electron chi connectivity index (χ2n) is 12.3. The molecule has 0 unspecified atom stereocenters. The van der Waals surface area contributed by atoms with E-state index in [1.807, 2.05) is 63.8 Å². The predicted octanol–water partition coefficient (Wildman–Crippen LogP) is 6.27. The molecule has 1 heterocycles. The van der Waals surface area contributed by atoms with E-state index in [9.17, 15) is 20.1 Å². The first-order valence-corrected chi connectivity index (χ1v) is 15.4. The monoisotopic (exact) mass is 598 g/mol. The molecular weight excluding hydrogens is 552 g/mol. The van der Waals surface area contributed by atoms with Crippen molar-refractivity contribution in [2.24, 2.45) is 0 Å². The van der Waals surface area contributed by atoms with E-state index >= 15 is 0 Å². The van der Waals surface area contributed by atoms with Gasteiger partial charge in [0.1, 0.15) is 23.6 Å². The smallest absolute Gasteiger partial charge is 0.410 e. The van der Waals surface area contributed by atoms with Crippen molar-refractivity contribution in [3.05, 3.63) is 76.1 Å². The minimum absolute atomic E-state index is 0.0511. The summed E-state index contributed by atoms with van der Waals surface area (Å²) in [5.74, 6) is 0.537. The minimum Gasteiger partial charge on any atom is -0.444 e. The summed E-state index contributed by atoms with van der Waals surface area (Å²) in [7, 11) is 0. The lowest BCUT2D eigenvalue weighted by atomic mass is 10.1. The normalized spacial score (nSPS) is 12.9. The Morgan fingerprint density at radius 2 is 1.61 bits per heavy atom. The number of carbonyl (C=O) groups excluding carboxylic acids is 2. The molecule has 0 radical (unpaired) electrons. The number of hydrogen-bond acceptors (Lipinski definition) is 7. The molecule has 0 N–H and O–H groups in total. The Kier molecular flexibility index (Phi) is 11.8. The zero-order valence-electron chi connectivity index (χ0n) is 27.3. The van der Waals surface area contributed by atoms with Crippen LogP contribution in [0.5, 0.6) is 0 Å². The molecule has 1 aliphatic heterocycles. The van der Waals surface area contributed by atoms with E-state index in [0.29, 0.717) is 51.6 Å². The zero-order valence-corrected chi connectivity index (χ0v) is 27.3. The minimum atomic E-state index is -0.585. The maximum atomic E-state index is 13.6. The molecule has 0 bridgehead atoms. The van der Waals surface area contributed by atoms with Crippen LogP contribution in [-0.2, 0) is 22.6 Å². The molecule has 1 aliphatic rings. The Morgan fingerprint density at radius 3 is 2.20 bits per heavy atom. The SMILES string of the molecule is CCCN(Cc1cccc(N(CC)C(=O)CCN2CCN(Cc3cc(C)cc(C)c3)C2=C(C#N)C#N)c1)C(=O)OC(C)(C)C. The second kappa shape index (κ2) is 15.3. The largest absolute Gasteiger partial charge is 0.444 e. The van der Waals surface area contributed by atoms with E-state index in [2.05, 4.69) is 49.1 Å². The maximum Gasteiger partial charge on any atom is 0.410 e. The van der Waals surface area contributed by atoms with Gasteiger partial charge >= 0.3 is 6.09 Å². The zero-order chi connectivity index (χ0) is 32.4. The molecular formula is C35H46N6O3. The van der Waals surface area contributed by atoms with E-state index in [-0.39, 0.29) is 24.0 Å². The highest BCUT2D eigenvalue weighted by molar-refractivity contribution is 5.93. The van der Waals surface area contributed by atoms with Crippen molar-refractivity contribution in [2.45, 2.75) is 80.0 Å². The fourth-order valence-electron chi connectivity index (χ4n) is 5.59. The molecule has 2 amide bonds. The number of carbonyl (C=O) groups is 2. The number of nitriles is 2. The molecule has 0 aromatic heterocycles. The highest BCUT2D eigenvalue weighted by Crippen LogP contribution is 2.26. The summed E-state index contributed by atoms with van der Waals surface area (Å²) in [5.41, 5.74) is 4.60. The van der Waals surface area contributed by atoms with E-state index in [1.54, 1.807) is 9.80 Å². The summed E-state index contributed by atoms with van der Waals surface area (Å²) in [6.07, 6.45) is 0.666. The Bertz CT molecular complexity index is 1410. The predicted molar refractivity (Wildman–Crippen MR) is 172 cm³/mol. The van der Waals surface area contributed by atoms with E-state index in [4.69, 9.17) is 4.74 Å². The summed E-state index contributed by atoms with van der Waals surface area (Å²) in [6.45, 7) is 17.3. The number of aryl methyl sites for hydroxylation is 2. The molecule has 0 saturated carbocycles. The van der Waals surface area contributed by atoms with Crippen molar-refractivity contribution in [3.8, 4) is 12.1 Å². The lowest BCUT2D eigenvalue weighted by Gasteiger charge is -2.28. The highest BCUT2D eigenvalue weighted by atomic mass is 16.6. The van der Waals surface area contributed by atoms with E-state index in [1.165, 1.54) is 11.1 Å². The molecule has 9 nitrogen and oxygen atoms in total. The van der Waals surface area contributed by atoms with Crippen molar-refractivity contribution >= 4 is 17.7 Å². The van der Waals surface area contributed by atoms with Gasteiger partial charge in [0, 0.05) is 57.9 Å². The Labute approximate surface area is 262 Å². The van der Waals surface area contributed by atoms with Gasteiger partial charge in [-0.2, -0.15) is 10.5 Å². The van der Waals surface area contributed by atoms with Gasteiger partial charge in [0.2, 0.25) is 5.91 Å². The van der Waals surface area contributed by atoms with Crippen LogP contribution < -0.4 is 4.90 Å². The molecule has 0 spiro atoms. The Hall–Kier alpha value is -4.50. The van der Waals surface area contributed by atoms with Crippen molar-refractivity contribution in [2.75, 3.05) is 37.6 Å². The fourth-order valence-corrected chi connectivity index (χ4v) is 5.59. The van der Waals surface area contributed by atoms with Crippen LogP contribution in [0.25, 0.3) is 0 Å². The molecule has 0 atom stereocenters. The summed E-state index contributed by atoms with van der Waals surface area (Å²) in [6, 6.07) is 18.2. The molecule has 234 valence electrons. The number of amides is 2. The molecule has 1 saturated heterocycles. The Morgan fingerprint density at radius 1 is 0.955 bits per heavy atom. The van der Waals surface area contributed by atoms with Gasteiger partial charge in [-0.3, -0.25) is 4.79 Å². The van der Waals surface area contributed by atoms with Gasteiger partial charge in [0.15, 0.2) is 5.57 Å². The number of allylic oxidation sites excluding steroid dienone is 1. The lowest BCUT2D eigenvalue weighted by molar-refractivity contribution is -0.118. The first-order chi connectivity index (χ1) is 20.9. The van der Waals surface area contributed by atoms with Gasteiger partial charge in [0.05, 0.1) is 0 Å². The molecule has 2 aromatic carbocycles. The average Bonchev–Trinajstić information content (AvgIpc) is 3.33. The molecule has 1 fully saturated rings. The molecule has 2 aromatic rings. The van der Waals surface area contributed by atoms with Crippen LogP contribution in [0.4, 0.5) is 10.5 Å².